The van der Waals surface area contributed by atoms with Gasteiger partial charge in [-0.1, -0.05) is 72.3 Å². The average molecular weight is 470 g/mol. The number of para-hydroxylation sites is 1. The molecule has 1 unspecified atom stereocenters. The van der Waals surface area contributed by atoms with Gasteiger partial charge in [0.25, 0.3) is 5.91 Å². The van der Waals surface area contributed by atoms with Crippen LogP contribution in [-0.2, 0) is 4.79 Å². The Bertz CT molecular complexity index is 1300. The minimum Gasteiger partial charge on any atom is -0.369 e. The molecule has 0 aromatic heterocycles. The summed E-state index contributed by atoms with van der Waals surface area (Å²) in [6.45, 7) is 3.32. The summed E-state index contributed by atoms with van der Waals surface area (Å²) in [6, 6.07) is 25.9. The summed E-state index contributed by atoms with van der Waals surface area (Å²) in [5, 5.41) is 7.03. The number of halogens is 1. The van der Waals surface area contributed by atoms with Crippen molar-refractivity contribution in [3.8, 4) is 0 Å². The lowest BCUT2D eigenvalue weighted by Gasteiger charge is -2.35. The van der Waals surface area contributed by atoms with Gasteiger partial charge in [0, 0.05) is 46.6 Å². The fourth-order valence-corrected chi connectivity index (χ4v) is 4.82. The molecule has 1 saturated heterocycles. The van der Waals surface area contributed by atoms with Crippen LogP contribution in [0.3, 0.4) is 0 Å². The molecular weight excluding hydrogens is 446 g/mol. The predicted molar refractivity (Wildman–Crippen MR) is 134 cm³/mol. The SMILES string of the molecule is CC1=C(C(=O)Nc2ccccc2)C(c2ccc(Cl)cc2)C(C(=O)c2ccccc2)=C2NCCN12. The van der Waals surface area contributed by atoms with E-state index < -0.39 is 5.92 Å². The highest BCUT2D eigenvalue weighted by atomic mass is 35.5. The van der Waals surface area contributed by atoms with Crippen molar-refractivity contribution in [2.24, 2.45) is 0 Å². The molecule has 0 bridgehead atoms. The van der Waals surface area contributed by atoms with Crippen LogP contribution >= 0.6 is 11.6 Å². The number of hydrogen-bond donors (Lipinski definition) is 2. The van der Waals surface area contributed by atoms with Crippen molar-refractivity contribution in [1.29, 1.82) is 0 Å². The number of benzene rings is 3. The number of Topliss-reactive ketones (excluding diaryl/α,β-unsaturated/α-hetero) is 1. The van der Waals surface area contributed by atoms with E-state index in [-0.39, 0.29) is 11.7 Å². The Hall–Kier alpha value is -3.83. The Labute approximate surface area is 203 Å². The fourth-order valence-electron chi connectivity index (χ4n) is 4.69. The highest BCUT2D eigenvalue weighted by Gasteiger charge is 2.42. The first-order valence-electron chi connectivity index (χ1n) is 11.2. The molecule has 1 atom stereocenters. The van der Waals surface area contributed by atoms with E-state index >= 15 is 0 Å². The molecule has 170 valence electrons. The van der Waals surface area contributed by atoms with Crippen molar-refractivity contribution >= 4 is 29.0 Å². The summed E-state index contributed by atoms with van der Waals surface area (Å²) >= 11 is 6.18. The molecule has 3 aromatic rings. The Kier molecular flexibility index (Phi) is 5.95. The Balaban J connectivity index is 1.68. The molecule has 2 aliphatic heterocycles. The van der Waals surface area contributed by atoms with Crippen LogP contribution in [0.15, 0.2) is 108 Å². The zero-order valence-corrected chi connectivity index (χ0v) is 19.5. The van der Waals surface area contributed by atoms with E-state index in [4.69, 9.17) is 11.6 Å². The van der Waals surface area contributed by atoms with Crippen molar-refractivity contribution < 1.29 is 9.59 Å². The van der Waals surface area contributed by atoms with Gasteiger partial charge in [-0.15, -0.1) is 0 Å². The van der Waals surface area contributed by atoms with Gasteiger partial charge in [0.2, 0.25) is 0 Å². The Morgan fingerprint density at radius 1 is 0.912 bits per heavy atom. The number of carbonyl (C=O) groups is 2. The number of rotatable bonds is 5. The number of ketones is 1. The second-order valence-corrected chi connectivity index (χ2v) is 8.78. The van der Waals surface area contributed by atoms with Crippen LogP contribution in [0.4, 0.5) is 5.69 Å². The molecule has 2 N–H and O–H groups in total. The Morgan fingerprint density at radius 3 is 2.24 bits per heavy atom. The number of nitrogens with zero attached hydrogens (tertiary/aromatic N) is 1. The van der Waals surface area contributed by atoms with Crippen molar-refractivity contribution in [2.75, 3.05) is 18.4 Å². The number of nitrogens with one attached hydrogen (secondary N) is 2. The van der Waals surface area contributed by atoms with Gasteiger partial charge in [-0.05, 0) is 36.8 Å². The zero-order valence-electron chi connectivity index (χ0n) is 18.7. The highest BCUT2D eigenvalue weighted by molar-refractivity contribution is 6.30. The van der Waals surface area contributed by atoms with Gasteiger partial charge in [0.15, 0.2) is 5.78 Å². The van der Waals surface area contributed by atoms with E-state index in [1.807, 2.05) is 84.6 Å². The van der Waals surface area contributed by atoms with Gasteiger partial charge < -0.3 is 15.5 Å². The van der Waals surface area contributed by atoms with Crippen LogP contribution < -0.4 is 10.6 Å². The van der Waals surface area contributed by atoms with Gasteiger partial charge in [0.1, 0.15) is 5.82 Å². The summed E-state index contributed by atoms with van der Waals surface area (Å²) in [5.74, 6) is -0.117. The average Bonchev–Trinajstić information content (AvgIpc) is 3.35. The molecule has 5 rings (SSSR count). The molecule has 0 saturated carbocycles. The third-order valence-electron chi connectivity index (χ3n) is 6.29. The zero-order chi connectivity index (χ0) is 23.7. The van der Waals surface area contributed by atoms with E-state index in [0.717, 1.165) is 17.1 Å². The van der Waals surface area contributed by atoms with Gasteiger partial charge >= 0.3 is 0 Å². The summed E-state index contributed by atoms with van der Waals surface area (Å²) in [7, 11) is 0. The lowest BCUT2D eigenvalue weighted by atomic mass is 9.77. The first-order chi connectivity index (χ1) is 16.5. The second kappa shape index (κ2) is 9.20. The van der Waals surface area contributed by atoms with E-state index in [1.165, 1.54) is 0 Å². The topological polar surface area (TPSA) is 61.4 Å². The standard InChI is InChI=1S/C28H24ClN3O2/c1-18-23(28(34)31-22-10-6-3-7-11-22)24(19-12-14-21(29)15-13-19)25(27-30-16-17-32(18)27)26(33)20-8-4-2-5-9-20/h2-15,24,30H,16-17H2,1H3,(H,31,34). The number of amides is 1. The molecule has 0 aliphatic carbocycles. The molecule has 2 heterocycles. The third-order valence-corrected chi connectivity index (χ3v) is 6.54. The summed E-state index contributed by atoms with van der Waals surface area (Å²) in [5.41, 5.74) is 4.07. The second-order valence-electron chi connectivity index (χ2n) is 8.34. The van der Waals surface area contributed by atoms with Crippen LogP contribution in [0.5, 0.6) is 0 Å². The quantitative estimate of drug-likeness (QED) is 0.494. The van der Waals surface area contributed by atoms with Crippen LogP contribution in [0.25, 0.3) is 0 Å². The minimum atomic E-state index is -0.550. The number of carbonyl (C=O) groups excluding carboxylic acids is 2. The first kappa shape index (κ1) is 22.0. The van der Waals surface area contributed by atoms with Gasteiger partial charge in [-0.3, -0.25) is 9.59 Å². The predicted octanol–water partition coefficient (Wildman–Crippen LogP) is 5.35. The van der Waals surface area contributed by atoms with Gasteiger partial charge in [-0.2, -0.15) is 0 Å². The third kappa shape index (κ3) is 3.99. The molecule has 6 heteroatoms. The lowest BCUT2D eigenvalue weighted by molar-refractivity contribution is -0.113. The molecule has 5 nitrogen and oxygen atoms in total. The van der Waals surface area contributed by atoms with Crippen LogP contribution in [0.2, 0.25) is 5.02 Å². The molecule has 0 spiro atoms. The van der Waals surface area contributed by atoms with E-state index in [9.17, 15) is 9.59 Å². The number of anilines is 1. The first-order valence-corrected chi connectivity index (χ1v) is 11.6. The van der Waals surface area contributed by atoms with Crippen LogP contribution in [0, 0.1) is 0 Å². The summed E-state index contributed by atoms with van der Waals surface area (Å²) < 4.78 is 0. The van der Waals surface area contributed by atoms with Crippen LogP contribution in [0.1, 0.15) is 28.8 Å². The normalized spacial score (nSPS) is 17.4. The largest absolute Gasteiger partial charge is 0.369 e. The summed E-state index contributed by atoms with van der Waals surface area (Å²) in [6.07, 6.45) is 0. The lowest BCUT2D eigenvalue weighted by Crippen LogP contribution is -2.36. The van der Waals surface area contributed by atoms with E-state index in [1.54, 1.807) is 12.1 Å². The fraction of sp³-hybridized carbons (Fsp3) is 0.143. The van der Waals surface area contributed by atoms with Gasteiger partial charge in [-0.25, -0.2) is 0 Å². The van der Waals surface area contributed by atoms with E-state index in [2.05, 4.69) is 10.6 Å². The smallest absolute Gasteiger partial charge is 0.254 e. The molecular formula is C28H24ClN3O2. The minimum absolute atomic E-state index is 0.104. The molecule has 34 heavy (non-hydrogen) atoms. The molecule has 0 radical (unpaired) electrons. The van der Waals surface area contributed by atoms with E-state index in [0.29, 0.717) is 40.5 Å². The highest BCUT2D eigenvalue weighted by Crippen LogP contribution is 2.44. The van der Waals surface area contributed by atoms with Crippen molar-refractivity contribution in [2.45, 2.75) is 12.8 Å². The van der Waals surface area contributed by atoms with Crippen molar-refractivity contribution in [1.82, 2.24) is 10.2 Å². The monoisotopic (exact) mass is 469 g/mol. The van der Waals surface area contributed by atoms with Gasteiger partial charge in [0.05, 0.1) is 5.57 Å². The molecule has 2 aliphatic rings. The summed E-state index contributed by atoms with van der Waals surface area (Å²) in [4.78, 5) is 29.7. The molecule has 1 amide bonds. The maximum absolute atomic E-state index is 13.9. The number of fused-ring (bicyclic) bond motifs is 1. The number of allylic oxidation sites excluding steroid dienone is 2. The maximum Gasteiger partial charge on any atom is 0.254 e. The molecule has 1 fully saturated rings. The van der Waals surface area contributed by atoms with Crippen molar-refractivity contribution in [3.63, 3.8) is 0 Å². The Morgan fingerprint density at radius 2 is 1.56 bits per heavy atom. The molecule has 3 aromatic carbocycles. The number of hydrogen-bond acceptors (Lipinski definition) is 4. The van der Waals surface area contributed by atoms with Crippen molar-refractivity contribution in [3.05, 3.63) is 124 Å². The van der Waals surface area contributed by atoms with Crippen LogP contribution in [-0.4, -0.2) is 29.7 Å². The maximum atomic E-state index is 13.9.